The van der Waals surface area contributed by atoms with Crippen molar-refractivity contribution < 1.29 is 23.5 Å². The summed E-state index contributed by atoms with van der Waals surface area (Å²) in [5, 5.41) is 14.6. The molecule has 0 spiro atoms. The van der Waals surface area contributed by atoms with Crippen LogP contribution in [0, 0.1) is 5.82 Å². The van der Waals surface area contributed by atoms with Gasteiger partial charge in [-0.3, -0.25) is 4.90 Å². The highest BCUT2D eigenvalue weighted by molar-refractivity contribution is 5.57. The molecule has 0 aliphatic carbocycles. The fourth-order valence-electron chi connectivity index (χ4n) is 4.16. The summed E-state index contributed by atoms with van der Waals surface area (Å²) in [5.41, 5.74) is 2.66. The van der Waals surface area contributed by atoms with E-state index < -0.39 is 0 Å². The van der Waals surface area contributed by atoms with Gasteiger partial charge in [0.15, 0.2) is 17.3 Å². The van der Waals surface area contributed by atoms with E-state index in [1.807, 2.05) is 18.2 Å². The molecule has 4 rings (SSSR count). The summed E-state index contributed by atoms with van der Waals surface area (Å²) in [5.74, 6) is 1.13. The summed E-state index contributed by atoms with van der Waals surface area (Å²) >= 11 is 0. The Hall–Kier alpha value is -3.06. The average Bonchev–Trinajstić information content (AvgIpc) is 3.15. The molecule has 1 N–H and O–H groups in total. The van der Waals surface area contributed by atoms with Gasteiger partial charge in [0.05, 0.1) is 20.3 Å². The second-order valence-electron chi connectivity index (χ2n) is 7.81. The van der Waals surface area contributed by atoms with Gasteiger partial charge in [-0.2, -0.15) is 0 Å². The third kappa shape index (κ3) is 4.66. The van der Waals surface area contributed by atoms with Crippen molar-refractivity contribution in [1.29, 1.82) is 0 Å². The highest BCUT2D eigenvalue weighted by Crippen LogP contribution is 2.39. The smallest absolute Gasteiger partial charge is 0.200 e. The summed E-state index contributed by atoms with van der Waals surface area (Å²) in [6.45, 7) is 1.59. The lowest BCUT2D eigenvalue weighted by atomic mass is 10.0. The van der Waals surface area contributed by atoms with Crippen molar-refractivity contribution >= 4 is 0 Å². The lowest BCUT2D eigenvalue weighted by Crippen LogP contribution is -2.28. The SMILES string of the molecule is COc1cc(CN2CCCCCC2c2cc(-c3ccc(F)cc3)on2)cc(OC)c1O. The molecule has 1 unspecified atom stereocenters. The zero-order chi connectivity index (χ0) is 21.8. The summed E-state index contributed by atoms with van der Waals surface area (Å²) in [7, 11) is 3.05. The van der Waals surface area contributed by atoms with Crippen LogP contribution in [0.25, 0.3) is 11.3 Å². The first-order chi connectivity index (χ1) is 15.1. The molecule has 0 bridgehead atoms. The normalized spacial score (nSPS) is 17.3. The largest absolute Gasteiger partial charge is 0.502 e. The first-order valence-corrected chi connectivity index (χ1v) is 10.5. The standard InChI is InChI=1S/C24H27FN2O4/c1-29-22-12-16(13-23(30-2)24(22)28)15-27-11-5-3-4-6-20(27)19-14-21(31-26-19)17-7-9-18(25)10-8-17/h7-10,12-14,20,28H,3-6,11,15H2,1-2H3. The van der Waals surface area contributed by atoms with Crippen molar-refractivity contribution in [2.24, 2.45) is 0 Å². The van der Waals surface area contributed by atoms with Gasteiger partial charge in [0.25, 0.3) is 0 Å². The van der Waals surface area contributed by atoms with Crippen LogP contribution in [0.2, 0.25) is 0 Å². The number of ether oxygens (including phenoxy) is 2. The van der Waals surface area contributed by atoms with E-state index in [0.29, 0.717) is 23.8 Å². The Kier molecular flexibility index (Phi) is 6.42. The van der Waals surface area contributed by atoms with E-state index in [1.165, 1.54) is 26.4 Å². The third-order valence-electron chi connectivity index (χ3n) is 5.79. The van der Waals surface area contributed by atoms with E-state index in [4.69, 9.17) is 14.0 Å². The highest BCUT2D eigenvalue weighted by Gasteiger charge is 2.26. The number of benzene rings is 2. The monoisotopic (exact) mass is 426 g/mol. The van der Waals surface area contributed by atoms with Gasteiger partial charge in [0.2, 0.25) is 5.75 Å². The van der Waals surface area contributed by atoms with E-state index in [-0.39, 0.29) is 17.6 Å². The molecule has 1 saturated heterocycles. The number of hydrogen-bond donors (Lipinski definition) is 1. The molecule has 1 atom stereocenters. The van der Waals surface area contributed by atoms with Crippen LogP contribution in [0.1, 0.15) is 43.0 Å². The van der Waals surface area contributed by atoms with E-state index in [0.717, 1.165) is 49.0 Å². The van der Waals surface area contributed by atoms with Crippen LogP contribution < -0.4 is 9.47 Å². The van der Waals surface area contributed by atoms with Crippen LogP contribution in [-0.2, 0) is 6.54 Å². The number of phenolic OH excluding ortho intramolecular Hbond substituents is 1. The molecule has 3 aromatic rings. The number of nitrogens with zero attached hydrogens (tertiary/aromatic N) is 2. The van der Waals surface area contributed by atoms with Crippen LogP contribution in [0.4, 0.5) is 4.39 Å². The van der Waals surface area contributed by atoms with Crippen molar-refractivity contribution in [3.8, 4) is 28.6 Å². The molecule has 1 aliphatic heterocycles. The minimum Gasteiger partial charge on any atom is -0.502 e. The van der Waals surface area contributed by atoms with Gasteiger partial charge in [-0.1, -0.05) is 18.0 Å². The predicted molar refractivity (Wildman–Crippen MR) is 115 cm³/mol. The Morgan fingerprint density at radius 3 is 2.45 bits per heavy atom. The van der Waals surface area contributed by atoms with Crippen LogP contribution in [0.15, 0.2) is 47.0 Å². The van der Waals surface area contributed by atoms with Gasteiger partial charge < -0.3 is 19.1 Å². The molecule has 1 aliphatic rings. The van der Waals surface area contributed by atoms with Crippen LogP contribution in [-0.4, -0.2) is 35.9 Å². The van der Waals surface area contributed by atoms with Gasteiger partial charge in [-0.15, -0.1) is 0 Å². The Morgan fingerprint density at radius 2 is 1.77 bits per heavy atom. The number of rotatable bonds is 6. The number of hydrogen-bond acceptors (Lipinski definition) is 6. The fourth-order valence-corrected chi connectivity index (χ4v) is 4.16. The molecule has 0 amide bonds. The first-order valence-electron chi connectivity index (χ1n) is 10.5. The van der Waals surface area contributed by atoms with Gasteiger partial charge in [0.1, 0.15) is 11.5 Å². The molecule has 31 heavy (non-hydrogen) atoms. The molecule has 2 aromatic carbocycles. The number of likely N-dealkylation sites (tertiary alicyclic amines) is 1. The van der Waals surface area contributed by atoms with Crippen LogP contribution in [0.3, 0.4) is 0 Å². The summed E-state index contributed by atoms with van der Waals surface area (Å²) in [4.78, 5) is 2.38. The summed E-state index contributed by atoms with van der Waals surface area (Å²) in [6, 6.07) is 12.0. The molecular formula is C24H27FN2O4. The predicted octanol–water partition coefficient (Wildman–Crippen LogP) is 5.32. The molecule has 1 aromatic heterocycles. The van der Waals surface area contributed by atoms with Gasteiger partial charge in [-0.05, 0) is 61.3 Å². The first kappa shape index (κ1) is 21.2. The number of phenols is 1. The zero-order valence-corrected chi connectivity index (χ0v) is 17.8. The zero-order valence-electron chi connectivity index (χ0n) is 17.8. The second-order valence-corrected chi connectivity index (χ2v) is 7.81. The van der Waals surface area contributed by atoms with E-state index in [2.05, 4.69) is 10.1 Å². The van der Waals surface area contributed by atoms with Crippen molar-refractivity contribution in [3.63, 3.8) is 0 Å². The van der Waals surface area contributed by atoms with E-state index in [1.54, 1.807) is 12.1 Å². The molecule has 6 nitrogen and oxygen atoms in total. The van der Waals surface area contributed by atoms with Crippen molar-refractivity contribution in [1.82, 2.24) is 10.1 Å². The molecule has 0 radical (unpaired) electrons. The number of halogens is 1. The summed E-state index contributed by atoms with van der Waals surface area (Å²) in [6.07, 6.45) is 4.35. The number of methoxy groups -OCH3 is 2. The number of aromatic hydroxyl groups is 1. The van der Waals surface area contributed by atoms with Crippen LogP contribution in [0.5, 0.6) is 17.2 Å². The van der Waals surface area contributed by atoms with Crippen molar-refractivity contribution in [2.75, 3.05) is 20.8 Å². The number of aromatic nitrogens is 1. The van der Waals surface area contributed by atoms with Gasteiger partial charge >= 0.3 is 0 Å². The van der Waals surface area contributed by atoms with Crippen LogP contribution >= 0.6 is 0 Å². The quantitative estimate of drug-likeness (QED) is 0.575. The molecule has 7 heteroatoms. The Labute approximate surface area is 181 Å². The molecule has 164 valence electrons. The van der Waals surface area contributed by atoms with E-state index in [9.17, 15) is 9.50 Å². The van der Waals surface area contributed by atoms with Gasteiger partial charge in [-0.25, -0.2) is 4.39 Å². The minimum absolute atomic E-state index is 0.00149. The molecule has 1 fully saturated rings. The van der Waals surface area contributed by atoms with Gasteiger partial charge in [0, 0.05) is 18.2 Å². The lowest BCUT2D eigenvalue weighted by molar-refractivity contribution is 0.183. The lowest BCUT2D eigenvalue weighted by Gasteiger charge is -2.28. The Balaban J connectivity index is 1.60. The topological polar surface area (TPSA) is 68.0 Å². The molecular weight excluding hydrogens is 399 g/mol. The maximum Gasteiger partial charge on any atom is 0.200 e. The fraction of sp³-hybridized carbons (Fsp3) is 0.375. The highest BCUT2D eigenvalue weighted by atomic mass is 19.1. The van der Waals surface area contributed by atoms with Crippen molar-refractivity contribution in [2.45, 2.75) is 38.3 Å². The maximum atomic E-state index is 13.2. The Morgan fingerprint density at radius 1 is 1.06 bits per heavy atom. The second kappa shape index (κ2) is 9.39. The Bertz CT molecular complexity index is 994. The molecule has 2 heterocycles. The van der Waals surface area contributed by atoms with Crippen molar-refractivity contribution in [3.05, 3.63) is 59.5 Å². The average molecular weight is 426 g/mol. The maximum absolute atomic E-state index is 13.2. The molecule has 0 saturated carbocycles. The summed E-state index contributed by atoms with van der Waals surface area (Å²) < 4.78 is 29.5. The minimum atomic E-state index is -0.279. The third-order valence-corrected chi connectivity index (χ3v) is 5.79. The van der Waals surface area contributed by atoms with E-state index >= 15 is 0 Å².